The summed E-state index contributed by atoms with van der Waals surface area (Å²) < 4.78 is 1.07. The van der Waals surface area contributed by atoms with Crippen molar-refractivity contribution in [1.82, 2.24) is 10.3 Å². The number of aromatic nitrogens is 1. The van der Waals surface area contributed by atoms with Crippen molar-refractivity contribution >= 4 is 21.7 Å². The molecule has 1 saturated heterocycles. The minimum absolute atomic E-state index is 0.802. The lowest BCUT2D eigenvalue weighted by molar-refractivity contribution is 0.310. The summed E-state index contributed by atoms with van der Waals surface area (Å²) >= 11 is 3.55. The quantitative estimate of drug-likeness (QED) is 0.776. The molecule has 4 heteroatoms. The van der Waals surface area contributed by atoms with Crippen LogP contribution in [0.5, 0.6) is 0 Å². The minimum atomic E-state index is 0.802. The van der Waals surface area contributed by atoms with Gasteiger partial charge in [0.2, 0.25) is 0 Å². The summed E-state index contributed by atoms with van der Waals surface area (Å²) in [6.45, 7) is 11.1. The molecule has 0 unspecified atom stereocenters. The number of nitrogens with zero attached hydrogens (tertiary/aromatic N) is 2. The molecule has 1 aliphatic heterocycles. The van der Waals surface area contributed by atoms with Gasteiger partial charge in [-0.3, -0.25) is 0 Å². The van der Waals surface area contributed by atoms with E-state index in [1.54, 1.807) is 0 Å². The van der Waals surface area contributed by atoms with Crippen molar-refractivity contribution in [3.05, 3.63) is 22.3 Å². The normalized spacial score (nSPS) is 16.7. The largest absolute Gasteiger partial charge is 0.356 e. The van der Waals surface area contributed by atoms with E-state index in [1.165, 1.54) is 24.2 Å². The van der Waals surface area contributed by atoms with Gasteiger partial charge in [0.1, 0.15) is 5.82 Å². The molecular formula is C17H28BrN3. The molecule has 0 radical (unpaired) electrons. The van der Waals surface area contributed by atoms with Gasteiger partial charge in [0.05, 0.1) is 0 Å². The first-order chi connectivity index (χ1) is 10.1. The molecule has 1 fully saturated rings. The van der Waals surface area contributed by atoms with Crippen LogP contribution < -0.4 is 10.2 Å². The standard InChI is InChI=1S/C17H28BrN3/c1-4-7-19-11-15-10-16(18)12-20-17(15)21-8-5-14(6-9-21)13(2)3/h10,12-14,19H,4-9,11H2,1-3H3. The summed E-state index contributed by atoms with van der Waals surface area (Å²) in [5.74, 6) is 2.85. The third kappa shape index (κ3) is 4.68. The van der Waals surface area contributed by atoms with Crippen LogP contribution in [0.1, 0.15) is 45.6 Å². The van der Waals surface area contributed by atoms with Crippen LogP contribution in [0.25, 0.3) is 0 Å². The molecule has 3 nitrogen and oxygen atoms in total. The molecule has 0 amide bonds. The zero-order valence-corrected chi connectivity index (χ0v) is 15.1. The lowest BCUT2D eigenvalue weighted by Crippen LogP contribution is -2.36. The topological polar surface area (TPSA) is 28.2 Å². The molecule has 0 atom stereocenters. The summed E-state index contributed by atoms with van der Waals surface area (Å²) in [5, 5.41) is 3.50. The molecule has 2 rings (SSSR count). The molecule has 118 valence electrons. The van der Waals surface area contributed by atoms with E-state index in [0.29, 0.717) is 0 Å². The number of nitrogens with one attached hydrogen (secondary N) is 1. The van der Waals surface area contributed by atoms with Gasteiger partial charge in [0.25, 0.3) is 0 Å². The molecule has 0 aliphatic carbocycles. The van der Waals surface area contributed by atoms with Gasteiger partial charge in [0.15, 0.2) is 0 Å². The van der Waals surface area contributed by atoms with Crippen LogP contribution in [0.3, 0.4) is 0 Å². The molecule has 1 aliphatic rings. The fourth-order valence-electron chi connectivity index (χ4n) is 3.07. The predicted octanol–water partition coefficient (Wildman–Crippen LogP) is 4.22. The summed E-state index contributed by atoms with van der Waals surface area (Å²) in [6, 6.07) is 2.21. The summed E-state index contributed by atoms with van der Waals surface area (Å²) in [4.78, 5) is 7.16. The Hall–Kier alpha value is -0.610. The van der Waals surface area contributed by atoms with Gasteiger partial charge in [0, 0.05) is 35.9 Å². The molecule has 0 spiro atoms. The molecular weight excluding hydrogens is 326 g/mol. The van der Waals surface area contributed by atoms with Crippen molar-refractivity contribution in [2.24, 2.45) is 11.8 Å². The molecule has 2 heterocycles. The van der Waals surface area contributed by atoms with Gasteiger partial charge in [-0.1, -0.05) is 20.8 Å². The molecule has 21 heavy (non-hydrogen) atoms. The Balaban J connectivity index is 2.05. The number of anilines is 1. The average molecular weight is 354 g/mol. The lowest BCUT2D eigenvalue weighted by atomic mass is 9.86. The van der Waals surface area contributed by atoms with Crippen LogP contribution in [0.2, 0.25) is 0 Å². The van der Waals surface area contributed by atoms with E-state index in [9.17, 15) is 0 Å². The van der Waals surface area contributed by atoms with Crippen LogP contribution >= 0.6 is 15.9 Å². The summed E-state index contributed by atoms with van der Waals surface area (Å²) in [6.07, 6.45) is 5.66. The van der Waals surface area contributed by atoms with Crippen LogP contribution in [0, 0.1) is 11.8 Å². The molecule has 1 aromatic heterocycles. The zero-order chi connectivity index (χ0) is 15.2. The highest BCUT2D eigenvalue weighted by Gasteiger charge is 2.23. The first-order valence-corrected chi connectivity index (χ1v) is 9.01. The molecule has 1 N–H and O–H groups in total. The van der Waals surface area contributed by atoms with Gasteiger partial charge in [-0.05, 0) is 59.6 Å². The van der Waals surface area contributed by atoms with Crippen LogP contribution in [0.4, 0.5) is 5.82 Å². The van der Waals surface area contributed by atoms with Crippen LogP contribution in [-0.4, -0.2) is 24.6 Å². The Morgan fingerprint density at radius 2 is 2.10 bits per heavy atom. The highest BCUT2D eigenvalue weighted by atomic mass is 79.9. The second-order valence-corrected chi connectivity index (χ2v) is 7.30. The smallest absolute Gasteiger partial charge is 0.133 e. The maximum Gasteiger partial charge on any atom is 0.133 e. The second kappa shape index (κ2) is 8.14. The van der Waals surface area contributed by atoms with E-state index in [-0.39, 0.29) is 0 Å². The van der Waals surface area contributed by atoms with E-state index >= 15 is 0 Å². The van der Waals surface area contributed by atoms with Crippen molar-refractivity contribution in [1.29, 1.82) is 0 Å². The molecule has 1 aromatic rings. The van der Waals surface area contributed by atoms with E-state index in [1.807, 2.05) is 6.20 Å². The van der Waals surface area contributed by atoms with Gasteiger partial charge < -0.3 is 10.2 Å². The zero-order valence-electron chi connectivity index (χ0n) is 13.5. The predicted molar refractivity (Wildman–Crippen MR) is 93.7 cm³/mol. The Bertz CT molecular complexity index is 440. The first-order valence-electron chi connectivity index (χ1n) is 8.22. The van der Waals surface area contributed by atoms with E-state index < -0.39 is 0 Å². The molecule has 0 bridgehead atoms. The number of hydrogen-bond donors (Lipinski definition) is 1. The number of rotatable bonds is 6. The third-order valence-corrected chi connectivity index (χ3v) is 4.87. The summed E-state index contributed by atoms with van der Waals surface area (Å²) in [7, 11) is 0. The maximum absolute atomic E-state index is 4.69. The van der Waals surface area contributed by atoms with Crippen LogP contribution in [0.15, 0.2) is 16.7 Å². The van der Waals surface area contributed by atoms with Crippen molar-refractivity contribution in [2.45, 2.75) is 46.6 Å². The Kier molecular flexibility index (Phi) is 6.49. The van der Waals surface area contributed by atoms with E-state index in [2.05, 4.69) is 58.0 Å². The van der Waals surface area contributed by atoms with Gasteiger partial charge in [-0.2, -0.15) is 0 Å². The van der Waals surface area contributed by atoms with Crippen molar-refractivity contribution in [3.8, 4) is 0 Å². The van der Waals surface area contributed by atoms with Gasteiger partial charge in [-0.15, -0.1) is 0 Å². The molecule has 0 saturated carbocycles. The fourth-order valence-corrected chi connectivity index (χ4v) is 3.45. The average Bonchev–Trinajstić information content (AvgIpc) is 2.48. The van der Waals surface area contributed by atoms with Crippen molar-refractivity contribution < 1.29 is 0 Å². The maximum atomic E-state index is 4.69. The monoisotopic (exact) mass is 353 g/mol. The van der Waals surface area contributed by atoms with Gasteiger partial charge >= 0.3 is 0 Å². The Morgan fingerprint density at radius 1 is 1.38 bits per heavy atom. The van der Waals surface area contributed by atoms with Crippen LogP contribution in [-0.2, 0) is 6.54 Å². The van der Waals surface area contributed by atoms with Crippen molar-refractivity contribution in [3.63, 3.8) is 0 Å². The lowest BCUT2D eigenvalue weighted by Gasteiger charge is -2.35. The highest BCUT2D eigenvalue weighted by Crippen LogP contribution is 2.29. The Morgan fingerprint density at radius 3 is 2.71 bits per heavy atom. The molecule has 0 aromatic carbocycles. The van der Waals surface area contributed by atoms with E-state index in [4.69, 9.17) is 0 Å². The summed E-state index contributed by atoms with van der Waals surface area (Å²) in [5.41, 5.74) is 1.31. The Labute approximate surface area is 137 Å². The minimum Gasteiger partial charge on any atom is -0.356 e. The number of hydrogen-bond acceptors (Lipinski definition) is 3. The number of pyridine rings is 1. The first kappa shape index (κ1) is 16.8. The highest BCUT2D eigenvalue weighted by molar-refractivity contribution is 9.10. The number of piperidine rings is 1. The fraction of sp³-hybridized carbons (Fsp3) is 0.706. The van der Waals surface area contributed by atoms with Gasteiger partial charge in [-0.25, -0.2) is 4.98 Å². The SMILES string of the molecule is CCCNCc1cc(Br)cnc1N1CCC(C(C)C)CC1. The third-order valence-electron chi connectivity index (χ3n) is 4.43. The van der Waals surface area contributed by atoms with E-state index in [0.717, 1.165) is 48.9 Å². The van der Waals surface area contributed by atoms with Crippen molar-refractivity contribution in [2.75, 3.05) is 24.5 Å². The second-order valence-electron chi connectivity index (χ2n) is 6.38. The number of halogens is 1.